The van der Waals surface area contributed by atoms with Crippen molar-refractivity contribution in [2.24, 2.45) is 0 Å². The van der Waals surface area contributed by atoms with E-state index in [1.165, 1.54) is 21.5 Å². The summed E-state index contributed by atoms with van der Waals surface area (Å²) in [6, 6.07) is 7.69. The molecule has 0 unspecified atom stereocenters. The van der Waals surface area contributed by atoms with Crippen LogP contribution in [0.4, 0.5) is 5.69 Å². The molecule has 0 aliphatic carbocycles. The Labute approximate surface area is 124 Å². The second kappa shape index (κ2) is 12.9. The second-order valence-corrected chi connectivity index (χ2v) is 12.2. The molecule has 0 radical (unpaired) electrons. The van der Waals surface area contributed by atoms with Crippen LogP contribution in [0.2, 0.25) is 0 Å². The molecule has 0 N–H and O–H groups in total. The highest BCUT2D eigenvalue weighted by Crippen LogP contribution is 2.12. The Balaban J connectivity index is 0.000000325. The van der Waals surface area contributed by atoms with Crippen LogP contribution < -0.4 is 0 Å². The Hall–Kier alpha value is 0.410. The molecule has 0 fully saturated rings. The van der Waals surface area contributed by atoms with Crippen molar-refractivity contribution in [1.29, 1.82) is 0 Å². The van der Waals surface area contributed by atoms with E-state index in [4.69, 9.17) is 6.57 Å². The average Bonchev–Trinajstić information content (AvgIpc) is 2.40. The first kappa shape index (κ1) is 17.4. The van der Waals surface area contributed by atoms with E-state index in [2.05, 4.69) is 34.8 Å². The summed E-state index contributed by atoms with van der Waals surface area (Å²) in [5, 5.41) is 0. The van der Waals surface area contributed by atoms with Crippen molar-refractivity contribution in [2.75, 3.05) is 0 Å². The van der Waals surface area contributed by atoms with E-state index >= 15 is 0 Å². The van der Waals surface area contributed by atoms with Crippen molar-refractivity contribution in [1.82, 2.24) is 0 Å². The van der Waals surface area contributed by atoms with Crippen LogP contribution in [0.15, 0.2) is 24.3 Å². The van der Waals surface area contributed by atoms with E-state index in [-0.39, 0.29) is 0 Å². The Morgan fingerprint density at radius 2 is 2.00 bits per heavy atom. The molecule has 0 aromatic heterocycles. The molecule has 0 amide bonds. The van der Waals surface area contributed by atoms with Gasteiger partial charge in [-0.05, 0) is 56.7 Å². The highest BCUT2D eigenvalue weighted by Gasteiger charge is 1.88. The third kappa shape index (κ3) is 10.1. The predicted octanol–water partition coefficient (Wildman–Crippen LogP) is 4.51. The molecule has 8 heteroatoms. The summed E-state index contributed by atoms with van der Waals surface area (Å²) in [6.07, 6.45) is 1.04. The van der Waals surface area contributed by atoms with Gasteiger partial charge in [-0.2, -0.15) is 0 Å². The molecule has 0 aliphatic rings. The molecule has 1 aromatic rings. The fourth-order valence-electron chi connectivity index (χ4n) is 0.846. The van der Waals surface area contributed by atoms with Gasteiger partial charge in [0, 0.05) is 14.1 Å². The minimum absolute atomic E-state index is 0.720. The maximum absolute atomic E-state index is 6.70. The lowest BCUT2D eigenvalue weighted by Gasteiger charge is -1.93. The predicted molar refractivity (Wildman–Crippen MR) is 92.7 cm³/mol. The zero-order chi connectivity index (χ0) is 12.9. The summed E-state index contributed by atoms with van der Waals surface area (Å²) < 4.78 is 0. The molecule has 0 bridgehead atoms. The first-order valence-electron chi connectivity index (χ1n) is 4.39. The third-order valence-electron chi connectivity index (χ3n) is 1.60. The number of hydrogen-bond acceptors (Lipinski definition) is 2. The number of rotatable bonds is 2. The zero-order valence-corrected chi connectivity index (χ0v) is 14.8. The van der Waals surface area contributed by atoms with Gasteiger partial charge in [0.25, 0.3) is 0 Å². The van der Waals surface area contributed by atoms with Gasteiger partial charge in [-0.1, -0.05) is 36.8 Å². The van der Waals surface area contributed by atoms with E-state index in [0.717, 1.165) is 19.2 Å². The lowest BCUT2D eigenvalue weighted by Crippen LogP contribution is -1.75. The van der Waals surface area contributed by atoms with Crippen LogP contribution in [0, 0.1) is 6.57 Å². The lowest BCUT2D eigenvalue weighted by atomic mass is 10.2. The first-order chi connectivity index (χ1) is 8.28. The summed E-state index contributed by atoms with van der Waals surface area (Å²) in [4.78, 5) is 3.30. The van der Waals surface area contributed by atoms with Crippen molar-refractivity contribution >= 4 is 70.0 Å². The maximum Gasteiger partial charge on any atom is 0.187 e. The van der Waals surface area contributed by atoms with Crippen molar-refractivity contribution < 1.29 is 0 Å². The van der Waals surface area contributed by atoms with Crippen LogP contribution in [0.5, 0.6) is 0 Å². The molecular formula is C9H9NP2S5. The van der Waals surface area contributed by atoms with Crippen LogP contribution in [0.3, 0.4) is 0 Å². The molecule has 0 heterocycles. The maximum atomic E-state index is 6.70. The van der Waals surface area contributed by atoms with Crippen LogP contribution in [0.25, 0.3) is 4.85 Å². The normalized spacial score (nSPS) is 8.71. The second-order valence-electron chi connectivity index (χ2n) is 2.51. The fourth-order valence-corrected chi connectivity index (χ4v) is 10.4. The smallest absolute Gasteiger partial charge is 0.187 e. The van der Waals surface area contributed by atoms with Gasteiger partial charge in [-0.3, -0.25) is 0 Å². The summed E-state index contributed by atoms with van der Waals surface area (Å²) in [7, 11) is 6.83. The molecule has 0 aliphatic heterocycles. The van der Waals surface area contributed by atoms with Crippen LogP contribution >= 0.6 is 14.1 Å². The van der Waals surface area contributed by atoms with Crippen molar-refractivity contribution in [2.45, 2.75) is 13.3 Å². The Bertz CT molecular complexity index is 517. The van der Waals surface area contributed by atoms with Crippen LogP contribution in [-0.2, 0) is 56.7 Å². The molecule has 0 saturated carbocycles. The van der Waals surface area contributed by atoms with Gasteiger partial charge >= 0.3 is 0 Å². The minimum atomic E-state index is 0.720. The molecule has 17 heavy (non-hydrogen) atoms. The van der Waals surface area contributed by atoms with Gasteiger partial charge in [0.2, 0.25) is 0 Å². The van der Waals surface area contributed by atoms with Crippen molar-refractivity contribution in [3.05, 3.63) is 41.2 Å². The zero-order valence-electron chi connectivity index (χ0n) is 8.90. The SMILES string of the molecule is S=PP=S=S=S=S.[C-]#[N+]c1ccc(CC)cc1. The Morgan fingerprint density at radius 1 is 1.35 bits per heavy atom. The summed E-state index contributed by atoms with van der Waals surface area (Å²) >= 11 is 9.23. The van der Waals surface area contributed by atoms with Crippen molar-refractivity contribution in [3.8, 4) is 0 Å². The Morgan fingerprint density at radius 3 is 2.41 bits per heavy atom. The number of aryl methyl sites for hydroxylation is 1. The highest BCUT2D eigenvalue weighted by molar-refractivity contribution is 8.63. The average molecular weight is 353 g/mol. The first-order valence-corrected chi connectivity index (χ1v) is 12.9. The summed E-state index contributed by atoms with van der Waals surface area (Å²) in [5.41, 5.74) is 2.00. The molecule has 0 saturated heterocycles. The quantitative estimate of drug-likeness (QED) is 0.569. The fraction of sp³-hybridized carbons (Fsp3) is 0.222. The molecule has 0 atom stereocenters. The number of nitrogens with zero attached hydrogens (tertiary/aromatic N) is 1. The highest BCUT2D eigenvalue weighted by atomic mass is 33.3. The van der Waals surface area contributed by atoms with Crippen LogP contribution in [-0.4, -0.2) is 0 Å². The Kier molecular flexibility index (Phi) is 13.2. The van der Waals surface area contributed by atoms with Crippen LogP contribution in [0.1, 0.15) is 12.5 Å². The molecule has 1 aromatic carbocycles. The lowest BCUT2D eigenvalue weighted by molar-refractivity contribution is 1.14. The number of benzene rings is 1. The largest absolute Gasteiger partial charge is 0.238 e. The van der Waals surface area contributed by atoms with Gasteiger partial charge in [0.1, 0.15) is 0 Å². The monoisotopic (exact) mass is 353 g/mol. The molecule has 0 spiro atoms. The minimum Gasteiger partial charge on any atom is -0.238 e. The van der Waals surface area contributed by atoms with Gasteiger partial charge in [0.05, 0.1) is 6.57 Å². The summed E-state index contributed by atoms with van der Waals surface area (Å²) in [5.74, 6) is 0. The third-order valence-corrected chi connectivity index (χ3v) is 11.6. The van der Waals surface area contributed by atoms with E-state index in [1.54, 1.807) is 18.4 Å². The number of hydrogen-bond donors (Lipinski definition) is 0. The standard InChI is InChI=1S/C9H9N.P2S5/c1-3-8-4-6-9(10-2)7-5-8;3-1-2-5-7-6-4/h4-7H,3H2,1H3;. The van der Waals surface area contributed by atoms with E-state index in [1.807, 2.05) is 24.3 Å². The van der Waals surface area contributed by atoms with Crippen molar-refractivity contribution in [3.63, 3.8) is 0 Å². The molecule has 1 rings (SSSR count). The molecule has 90 valence electrons. The van der Waals surface area contributed by atoms with Gasteiger partial charge < -0.3 is 0 Å². The van der Waals surface area contributed by atoms with Gasteiger partial charge in [-0.15, -0.1) is 0 Å². The topological polar surface area (TPSA) is 4.36 Å². The molecular weight excluding hydrogens is 344 g/mol. The van der Waals surface area contributed by atoms with E-state index < -0.39 is 0 Å². The van der Waals surface area contributed by atoms with Gasteiger partial charge in [-0.25, -0.2) is 4.85 Å². The van der Waals surface area contributed by atoms with E-state index in [0.29, 0.717) is 0 Å². The summed E-state index contributed by atoms with van der Waals surface area (Å²) in [6.45, 7) is 8.80. The molecule has 1 nitrogen and oxygen atoms in total. The van der Waals surface area contributed by atoms with E-state index in [9.17, 15) is 0 Å². The van der Waals surface area contributed by atoms with Gasteiger partial charge in [0.15, 0.2) is 5.69 Å².